The fraction of sp³-hybridized carbons (Fsp3) is 0.438. The highest BCUT2D eigenvalue weighted by Gasteiger charge is 2.30. The lowest BCUT2D eigenvalue weighted by Gasteiger charge is -2.11. The van der Waals surface area contributed by atoms with Crippen LogP contribution in [0.2, 0.25) is 0 Å². The molecule has 0 aliphatic carbocycles. The van der Waals surface area contributed by atoms with Crippen LogP contribution in [0.1, 0.15) is 25.5 Å². The van der Waals surface area contributed by atoms with Crippen molar-refractivity contribution in [2.75, 3.05) is 11.9 Å². The standard InChI is InChI=1S/C16H20N4O4S/c1-9(21)18-7-11-3-4-13(24-11)12-8-25-16(19-12)20-15(22)14-5-2-10(6-17)23-14/h3-4,8,10,14H,2,5-7,17H2,1H3,(H,18,21)(H,19,20,22)/t10-,14+/m1/s1. The number of carbonyl (C=O) groups excluding carboxylic acids is 2. The van der Waals surface area contributed by atoms with E-state index < -0.39 is 6.10 Å². The Hall–Kier alpha value is -2.23. The number of aromatic nitrogens is 1. The van der Waals surface area contributed by atoms with E-state index in [9.17, 15) is 9.59 Å². The van der Waals surface area contributed by atoms with Crippen molar-refractivity contribution in [3.8, 4) is 11.5 Å². The molecule has 134 valence electrons. The predicted octanol–water partition coefficient (Wildman–Crippen LogP) is 1.48. The van der Waals surface area contributed by atoms with E-state index in [0.717, 1.165) is 6.42 Å². The Kier molecular flexibility index (Phi) is 5.47. The Morgan fingerprint density at radius 3 is 2.96 bits per heavy atom. The first kappa shape index (κ1) is 17.6. The molecule has 0 radical (unpaired) electrons. The molecule has 2 atom stereocenters. The Labute approximate surface area is 148 Å². The minimum atomic E-state index is -0.478. The van der Waals surface area contributed by atoms with E-state index in [1.54, 1.807) is 17.5 Å². The summed E-state index contributed by atoms with van der Waals surface area (Å²) in [6, 6.07) is 3.56. The maximum atomic E-state index is 12.2. The van der Waals surface area contributed by atoms with Gasteiger partial charge in [0.2, 0.25) is 5.91 Å². The van der Waals surface area contributed by atoms with Crippen LogP contribution >= 0.6 is 11.3 Å². The summed E-state index contributed by atoms with van der Waals surface area (Å²) in [5.74, 6) is 0.888. The Balaban J connectivity index is 1.59. The summed E-state index contributed by atoms with van der Waals surface area (Å²) in [5.41, 5.74) is 6.18. The van der Waals surface area contributed by atoms with Gasteiger partial charge < -0.3 is 20.2 Å². The van der Waals surface area contributed by atoms with Crippen molar-refractivity contribution >= 4 is 28.3 Å². The molecule has 4 N–H and O–H groups in total. The van der Waals surface area contributed by atoms with Gasteiger partial charge in [0.1, 0.15) is 17.6 Å². The molecule has 0 saturated carbocycles. The molecule has 9 heteroatoms. The molecule has 3 rings (SSSR count). The average Bonchev–Trinajstić information content (AvgIpc) is 3.32. The van der Waals surface area contributed by atoms with Crippen LogP contribution < -0.4 is 16.4 Å². The topological polar surface area (TPSA) is 119 Å². The van der Waals surface area contributed by atoms with Crippen molar-refractivity contribution in [3.05, 3.63) is 23.3 Å². The summed E-state index contributed by atoms with van der Waals surface area (Å²) in [7, 11) is 0. The van der Waals surface area contributed by atoms with Crippen molar-refractivity contribution in [2.45, 2.75) is 38.5 Å². The Morgan fingerprint density at radius 1 is 1.40 bits per heavy atom. The second-order valence-corrected chi connectivity index (χ2v) is 6.62. The van der Waals surface area contributed by atoms with E-state index in [1.807, 2.05) is 0 Å². The lowest BCUT2D eigenvalue weighted by Crippen LogP contribution is -2.29. The largest absolute Gasteiger partial charge is 0.458 e. The molecular weight excluding hydrogens is 344 g/mol. The summed E-state index contributed by atoms with van der Waals surface area (Å²) in [4.78, 5) is 27.5. The second-order valence-electron chi connectivity index (χ2n) is 5.76. The van der Waals surface area contributed by atoms with E-state index in [1.165, 1.54) is 18.3 Å². The number of ether oxygens (including phenoxy) is 1. The predicted molar refractivity (Wildman–Crippen MR) is 92.9 cm³/mol. The third-order valence-electron chi connectivity index (χ3n) is 3.82. The van der Waals surface area contributed by atoms with Gasteiger partial charge in [-0.1, -0.05) is 0 Å². The molecule has 2 amide bonds. The number of carbonyl (C=O) groups is 2. The van der Waals surface area contributed by atoms with Gasteiger partial charge >= 0.3 is 0 Å². The number of hydrogen-bond donors (Lipinski definition) is 3. The first-order chi connectivity index (χ1) is 12.0. The van der Waals surface area contributed by atoms with Crippen LogP contribution in [0.5, 0.6) is 0 Å². The van der Waals surface area contributed by atoms with E-state index in [-0.39, 0.29) is 17.9 Å². The van der Waals surface area contributed by atoms with Gasteiger partial charge in [0.25, 0.3) is 5.91 Å². The van der Waals surface area contributed by atoms with E-state index in [4.69, 9.17) is 14.9 Å². The van der Waals surface area contributed by atoms with Gasteiger partial charge in [0.15, 0.2) is 10.9 Å². The highest BCUT2D eigenvalue weighted by Crippen LogP contribution is 2.27. The van der Waals surface area contributed by atoms with Crippen LogP contribution in [0, 0.1) is 0 Å². The summed E-state index contributed by atoms with van der Waals surface area (Å²) in [6.45, 7) is 2.19. The molecule has 3 heterocycles. The summed E-state index contributed by atoms with van der Waals surface area (Å²) in [5, 5.41) is 7.72. The molecule has 0 bridgehead atoms. The van der Waals surface area contributed by atoms with Crippen LogP contribution in [-0.4, -0.2) is 35.6 Å². The minimum Gasteiger partial charge on any atom is -0.458 e. The van der Waals surface area contributed by atoms with E-state index in [0.29, 0.717) is 41.9 Å². The van der Waals surface area contributed by atoms with Gasteiger partial charge in [-0.2, -0.15) is 0 Å². The lowest BCUT2D eigenvalue weighted by atomic mass is 10.2. The zero-order valence-electron chi connectivity index (χ0n) is 13.8. The smallest absolute Gasteiger partial charge is 0.255 e. The van der Waals surface area contributed by atoms with Crippen molar-refractivity contribution in [3.63, 3.8) is 0 Å². The first-order valence-electron chi connectivity index (χ1n) is 8.00. The monoisotopic (exact) mass is 364 g/mol. The van der Waals surface area contributed by atoms with E-state index in [2.05, 4.69) is 15.6 Å². The molecule has 2 aromatic rings. The molecular formula is C16H20N4O4S. The van der Waals surface area contributed by atoms with Crippen LogP contribution in [-0.2, 0) is 20.9 Å². The fourth-order valence-corrected chi connectivity index (χ4v) is 3.23. The van der Waals surface area contributed by atoms with Crippen LogP contribution in [0.3, 0.4) is 0 Å². The Morgan fingerprint density at radius 2 is 2.24 bits per heavy atom. The normalized spacial score (nSPS) is 19.8. The van der Waals surface area contributed by atoms with E-state index >= 15 is 0 Å². The maximum Gasteiger partial charge on any atom is 0.255 e. The zero-order chi connectivity index (χ0) is 17.8. The molecule has 25 heavy (non-hydrogen) atoms. The highest BCUT2D eigenvalue weighted by atomic mass is 32.1. The minimum absolute atomic E-state index is 0.0484. The van der Waals surface area contributed by atoms with Crippen molar-refractivity contribution in [1.29, 1.82) is 0 Å². The summed E-state index contributed by atoms with van der Waals surface area (Å²) >= 11 is 1.31. The van der Waals surface area contributed by atoms with Gasteiger partial charge in [-0.3, -0.25) is 14.9 Å². The quantitative estimate of drug-likeness (QED) is 0.714. The Bertz CT molecular complexity index is 757. The van der Waals surface area contributed by atoms with Crippen molar-refractivity contribution < 1.29 is 18.7 Å². The van der Waals surface area contributed by atoms with Crippen LogP contribution in [0.4, 0.5) is 5.13 Å². The van der Waals surface area contributed by atoms with Crippen LogP contribution in [0.25, 0.3) is 11.5 Å². The summed E-state index contributed by atoms with van der Waals surface area (Å²) < 4.78 is 11.2. The number of rotatable bonds is 6. The second kappa shape index (κ2) is 7.77. The molecule has 1 saturated heterocycles. The third-order valence-corrected chi connectivity index (χ3v) is 4.58. The van der Waals surface area contributed by atoms with Crippen molar-refractivity contribution in [2.24, 2.45) is 5.73 Å². The molecule has 0 aromatic carbocycles. The number of nitrogens with one attached hydrogen (secondary N) is 2. The fourth-order valence-electron chi connectivity index (χ4n) is 2.52. The van der Waals surface area contributed by atoms with Gasteiger partial charge in [-0.15, -0.1) is 11.3 Å². The lowest BCUT2D eigenvalue weighted by molar-refractivity contribution is -0.126. The highest BCUT2D eigenvalue weighted by molar-refractivity contribution is 7.14. The number of anilines is 1. The number of hydrogen-bond acceptors (Lipinski definition) is 7. The average molecular weight is 364 g/mol. The molecule has 0 spiro atoms. The maximum absolute atomic E-state index is 12.2. The van der Waals surface area contributed by atoms with Gasteiger partial charge in [-0.25, -0.2) is 4.98 Å². The van der Waals surface area contributed by atoms with Crippen LogP contribution in [0.15, 0.2) is 21.9 Å². The van der Waals surface area contributed by atoms with Crippen molar-refractivity contribution in [1.82, 2.24) is 10.3 Å². The number of thiazole rings is 1. The number of nitrogens with zero attached hydrogens (tertiary/aromatic N) is 1. The third kappa shape index (κ3) is 4.44. The molecule has 1 aliphatic heterocycles. The zero-order valence-corrected chi connectivity index (χ0v) is 14.6. The number of nitrogens with two attached hydrogens (primary N) is 1. The molecule has 1 fully saturated rings. The molecule has 1 aliphatic rings. The molecule has 0 unspecified atom stereocenters. The molecule has 8 nitrogen and oxygen atoms in total. The van der Waals surface area contributed by atoms with Gasteiger partial charge in [0.05, 0.1) is 12.6 Å². The number of amides is 2. The number of furan rings is 1. The SMILES string of the molecule is CC(=O)NCc1ccc(-c2csc(NC(=O)[C@@H]3CC[C@H](CN)O3)n2)o1. The van der Waals surface area contributed by atoms with Gasteiger partial charge in [-0.05, 0) is 25.0 Å². The van der Waals surface area contributed by atoms with Gasteiger partial charge in [0, 0.05) is 18.8 Å². The first-order valence-corrected chi connectivity index (χ1v) is 8.88. The summed E-state index contributed by atoms with van der Waals surface area (Å²) in [6.07, 6.45) is 0.930. The molecule has 2 aromatic heterocycles.